The van der Waals surface area contributed by atoms with E-state index in [1.54, 1.807) is 14.2 Å². The van der Waals surface area contributed by atoms with E-state index in [4.69, 9.17) is 9.47 Å². The lowest BCUT2D eigenvalue weighted by atomic mass is 10.2. The molecular weight excluding hydrogens is 304 g/mol. The lowest BCUT2D eigenvalue weighted by Crippen LogP contribution is -2.38. The molecule has 1 fully saturated rings. The molecular formula is C18H30N4O2. The number of guanidine groups is 1. The molecule has 1 saturated heterocycles. The maximum Gasteiger partial charge on any atom is 0.191 e. The summed E-state index contributed by atoms with van der Waals surface area (Å²) in [6, 6.07) is 8.06. The molecule has 0 unspecified atom stereocenters. The van der Waals surface area contributed by atoms with E-state index in [2.05, 4.69) is 32.7 Å². The first-order valence-corrected chi connectivity index (χ1v) is 8.69. The Morgan fingerprint density at radius 2 is 1.92 bits per heavy atom. The zero-order chi connectivity index (χ0) is 17.0. The summed E-state index contributed by atoms with van der Waals surface area (Å²) in [4.78, 5) is 6.74. The van der Waals surface area contributed by atoms with Crippen molar-refractivity contribution in [3.05, 3.63) is 29.8 Å². The first kappa shape index (κ1) is 18.5. The molecule has 0 aliphatic carbocycles. The number of rotatable bonds is 8. The molecule has 0 amide bonds. The van der Waals surface area contributed by atoms with Crippen molar-refractivity contribution < 1.29 is 9.47 Å². The van der Waals surface area contributed by atoms with E-state index in [-0.39, 0.29) is 0 Å². The van der Waals surface area contributed by atoms with Crippen molar-refractivity contribution in [3.63, 3.8) is 0 Å². The summed E-state index contributed by atoms with van der Waals surface area (Å²) < 4.78 is 10.5. The Morgan fingerprint density at radius 3 is 2.58 bits per heavy atom. The molecule has 0 aromatic heterocycles. The lowest BCUT2D eigenvalue weighted by molar-refractivity contribution is 0.0372. The Labute approximate surface area is 145 Å². The van der Waals surface area contributed by atoms with Crippen LogP contribution in [0, 0.1) is 0 Å². The third-order valence-corrected chi connectivity index (χ3v) is 4.14. The molecule has 2 rings (SSSR count). The zero-order valence-electron chi connectivity index (χ0n) is 14.9. The van der Waals surface area contributed by atoms with Crippen LogP contribution in [0.1, 0.15) is 18.4 Å². The number of hydrogen-bond donors (Lipinski definition) is 2. The molecule has 2 N–H and O–H groups in total. The van der Waals surface area contributed by atoms with Gasteiger partial charge < -0.3 is 20.1 Å². The summed E-state index contributed by atoms with van der Waals surface area (Å²) >= 11 is 0. The summed E-state index contributed by atoms with van der Waals surface area (Å²) in [6.07, 6.45) is 2.34. The highest BCUT2D eigenvalue weighted by atomic mass is 16.5. The molecule has 1 aliphatic rings. The van der Waals surface area contributed by atoms with Crippen molar-refractivity contribution in [1.82, 2.24) is 15.5 Å². The minimum absolute atomic E-state index is 0.747. The maximum absolute atomic E-state index is 5.36. The number of morpholine rings is 1. The lowest BCUT2D eigenvalue weighted by Gasteiger charge is -2.26. The van der Waals surface area contributed by atoms with Crippen molar-refractivity contribution in [1.29, 1.82) is 0 Å². The number of methoxy groups -OCH3 is 1. The molecule has 24 heavy (non-hydrogen) atoms. The largest absolute Gasteiger partial charge is 0.497 e. The summed E-state index contributed by atoms with van der Waals surface area (Å²) in [5.41, 5.74) is 1.20. The smallest absolute Gasteiger partial charge is 0.191 e. The first-order chi connectivity index (χ1) is 11.8. The second-order valence-corrected chi connectivity index (χ2v) is 5.86. The molecule has 6 heteroatoms. The van der Waals surface area contributed by atoms with Gasteiger partial charge in [0.2, 0.25) is 0 Å². The van der Waals surface area contributed by atoms with Gasteiger partial charge in [0.25, 0.3) is 0 Å². The number of nitrogens with one attached hydrogen (secondary N) is 2. The van der Waals surface area contributed by atoms with Crippen LogP contribution in [0.15, 0.2) is 29.3 Å². The van der Waals surface area contributed by atoms with Gasteiger partial charge in [0.05, 0.1) is 20.3 Å². The van der Waals surface area contributed by atoms with Crippen LogP contribution < -0.4 is 15.4 Å². The van der Waals surface area contributed by atoms with Crippen molar-refractivity contribution in [2.24, 2.45) is 4.99 Å². The molecule has 134 valence electrons. The standard InChI is InChI=1S/C18H30N4O2/c1-19-18(21-15-16-5-7-17(23-2)8-6-16)20-9-3-4-10-22-11-13-24-14-12-22/h5-8H,3-4,9-15H2,1-2H3,(H2,19,20,21). The quantitative estimate of drug-likeness (QED) is 0.428. The number of aliphatic imine (C=N–C) groups is 1. The van der Waals surface area contributed by atoms with E-state index in [0.717, 1.165) is 64.1 Å². The highest BCUT2D eigenvalue weighted by Crippen LogP contribution is 2.10. The van der Waals surface area contributed by atoms with Crippen LogP contribution in [0.3, 0.4) is 0 Å². The number of benzene rings is 1. The second kappa shape index (κ2) is 10.9. The number of hydrogen-bond acceptors (Lipinski definition) is 4. The normalized spacial score (nSPS) is 16.0. The fourth-order valence-corrected chi connectivity index (χ4v) is 2.64. The molecule has 1 heterocycles. The highest BCUT2D eigenvalue weighted by molar-refractivity contribution is 5.79. The van der Waals surface area contributed by atoms with E-state index in [1.165, 1.54) is 12.0 Å². The van der Waals surface area contributed by atoms with Crippen LogP contribution in [0.2, 0.25) is 0 Å². The van der Waals surface area contributed by atoms with Gasteiger partial charge in [-0.15, -0.1) is 0 Å². The Kier molecular flexibility index (Phi) is 8.41. The van der Waals surface area contributed by atoms with Crippen LogP contribution in [-0.4, -0.2) is 64.4 Å². The van der Waals surface area contributed by atoms with Crippen LogP contribution in [0.4, 0.5) is 0 Å². The molecule has 0 radical (unpaired) electrons. The third kappa shape index (κ3) is 6.76. The Bertz CT molecular complexity index is 484. The van der Waals surface area contributed by atoms with Crippen LogP contribution in [0.25, 0.3) is 0 Å². The first-order valence-electron chi connectivity index (χ1n) is 8.69. The van der Waals surface area contributed by atoms with Crippen LogP contribution in [0.5, 0.6) is 5.75 Å². The molecule has 1 aromatic rings. The molecule has 1 aliphatic heterocycles. The molecule has 6 nitrogen and oxygen atoms in total. The Balaban J connectivity index is 1.57. The Morgan fingerprint density at radius 1 is 1.17 bits per heavy atom. The molecule has 0 bridgehead atoms. The van der Waals surface area contributed by atoms with Gasteiger partial charge in [-0.25, -0.2) is 0 Å². The highest BCUT2D eigenvalue weighted by Gasteiger charge is 2.09. The molecule has 0 spiro atoms. The fraction of sp³-hybridized carbons (Fsp3) is 0.611. The predicted molar refractivity (Wildman–Crippen MR) is 97.7 cm³/mol. The second-order valence-electron chi connectivity index (χ2n) is 5.86. The summed E-state index contributed by atoms with van der Waals surface area (Å²) in [7, 11) is 3.48. The monoisotopic (exact) mass is 334 g/mol. The van der Waals surface area contributed by atoms with Crippen molar-refractivity contribution in [2.75, 3.05) is 53.6 Å². The van der Waals surface area contributed by atoms with E-state index < -0.39 is 0 Å². The average Bonchev–Trinajstić information content (AvgIpc) is 2.65. The van der Waals surface area contributed by atoms with E-state index >= 15 is 0 Å². The van der Waals surface area contributed by atoms with E-state index in [1.807, 2.05) is 12.1 Å². The van der Waals surface area contributed by atoms with Gasteiger partial charge in [-0.1, -0.05) is 12.1 Å². The van der Waals surface area contributed by atoms with Gasteiger partial charge in [-0.2, -0.15) is 0 Å². The van der Waals surface area contributed by atoms with Gasteiger partial charge in [-0.3, -0.25) is 9.89 Å². The summed E-state index contributed by atoms with van der Waals surface area (Å²) in [6.45, 7) is 6.73. The Hall–Kier alpha value is -1.79. The van der Waals surface area contributed by atoms with Crippen molar-refractivity contribution in [2.45, 2.75) is 19.4 Å². The third-order valence-electron chi connectivity index (χ3n) is 4.14. The summed E-state index contributed by atoms with van der Waals surface area (Å²) in [5.74, 6) is 1.72. The zero-order valence-corrected chi connectivity index (χ0v) is 14.9. The minimum Gasteiger partial charge on any atom is -0.497 e. The average molecular weight is 334 g/mol. The number of unbranched alkanes of at least 4 members (excludes halogenated alkanes) is 1. The number of ether oxygens (including phenoxy) is 2. The SMILES string of the molecule is CN=C(NCCCCN1CCOCC1)NCc1ccc(OC)cc1. The van der Waals surface area contributed by atoms with Crippen LogP contribution in [-0.2, 0) is 11.3 Å². The molecule has 1 aromatic carbocycles. The maximum atomic E-state index is 5.36. The molecule has 0 saturated carbocycles. The van der Waals surface area contributed by atoms with Gasteiger partial charge in [0, 0.05) is 33.2 Å². The minimum atomic E-state index is 0.747. The predicted octanol–water partition coefficient (Wildman–Crippen LogP) is 1.47. The van der Waals surface area contributed by atoms with Gasteiger partial charge in [0.15, 0.2) is 5.96 Å². The summed E-state index contributed by atoms with van der Waals surface area (Å²) in [5, 5.41) is 6.71. The van der Waals surface area contributed by atoms with Crippen LogP contribution >= 0.6 is 0 Å². The topological polar surface area (TPSA) is 58.1 Å². The molecule has 0 atom stereocenters. The van der Waals surface area contributed by atoms with Gasteiger partial charge in [-0.05, 0) is 37.1 Å². The van der Waals surface area contributed by atoms with Gasteiger partial charge >= 0.3 is 0 Å². The van der Waals surface area contributed by atoms with E-state index in [9.17, 15) is 0 Å². The van der Waals surface area contributed by atoms with Gasteiger partial charge in [0.1, 0.15) is 5.75 Å². The van der Waals surface area contributed by atoms with Crippen molar-refractivity contribution in [3.8, 4) is 5.75 Å². The van der Waals surface area contributed by atoms with Crippen molar-refractivity contribution >= 4 is 5.96 Å². The van der Waals surface area contributed by atoms with E-state index in [0.29, 0.717) is 0 Å². The fourth-order valence-electron chi connectivity index (χ4n) is 2.64. The number of nitrogens with zero attached hydrogens (tertiary/aromatic N) is 2.